The molecule has 0 N–H and O–H groups in total. The molecule has 0 saturated heterocycles. The van der Waals surface area contributed by atoms with E-state index in [4.69, 9.17) is 5.26 Å². The normalized spacial score (nSPS) is 8.31. The fourth-order valence-electron chi connectivity index (χ4n) is 1.10. The second-order valence-corrected chi connectivity index (χ2v) is 2.85. The zero-order chi connectivity index (χ0) is 10.4. The Morgan fingerprint density at radius 1 is 1.00 bits per heavy atom. The lowest BCUT2D eigenvalue weighted by atomic mass is 10.0. The molecule has 0 unspecified atom stereocenters. The fraction of sp³-hybridized carbons (Fsp3) is 0.417. The molecule has 0 aliphatic rings. The molecule has 1 aromatic rings. The maximum Gasteiger partial charge on any atom is 0.0991 e. The van der Waals surface area contributed by atoms with Gasteiger partial charge in [-0.3, -0.25) is 0 Å². The third kappa shape index (κ3) is 2.91. The van der Waals surface area contributed by atoms with E-state index in [-0.39, 0.29) is 0 Å². The molecule has 1 aromatic carbocycles. The summed E-state index contributed by atoms with van der Waals surface area (Å²) in [6.45, 7) is 10.1. The first kappa shape index (κ1) is 11.7. The third-order valence-electron chi connectivity index (χ3n) is 2.06. The fourth-order valence-corrected chi connectivity index (χ4v) is 1.10. The van der Waals surface area contributed by atoms with E-state index in [1.54, 1.807) is 0 Å². The van der Waals surface area contributed by atoms with E-state index < -0.39 is 0 Å². The van der Waals surface area contributed by atoms with E-state index >= 15 is 0 Å². The van der Waals surface area contributed by atoms with E-state index in [0.29, 0.717) is 0 Å². The molecule has 70 valence electrons. The number of aryl methyl sites for hydroxylation is 2. The van der Waals surface area contributed by atoms with Crippen LogP contribution in [0.15, 0.2) is 12.1 Å². The minimum absolute atomic E-state index is 0.755. The van der Waals surface area contributed by atoms with Gasteiger partial charge in [0, 0.05) is 0 Å². The van der Waals surface area contributed by atoms with Gasteiger partial charge in [-0.15, -0.1) is 0 Å². The summed E-state index contributed by atoms with van der Waals surface area (Å²) in [7, 11) is 0. The Kier molecular flexibility index (Phi) is 4.84. The van der Waals surface area contributed by atoms with Crippen LogP contribution < -0.4 is 0 Å². The Balaban J connectivity index is 0.000000671. The predicted octanol–water partition coefficient (Wildman–Crippen LogP) is 3.51. The van der Waals surface area contributed by atoms with Gasteiger partial charge in [0.2, 0.25) is 0 Å². The highest BCUT2D eigenvalue weighted by Crippen LogP contribution is 2.14. The minimum Gasteiger partial charge on any atom is -0.192 e. The minimum atomic E-state index is 0.755. The zero-order valence-electron chi connectivity index (χ0n) is 9.10. The standard InChI is InChI=1S/C10H11N.C2H6/c1-7-4-10(6-11)5-8(2)9(7)3;1-2/h4-5H,1-3H3;1-2H3. The number of hydrogen-bond donors (Lipinski definition) is 0. The average molecular weight is 175 g/mol. The molecule has 1 rings (SSSR count). The van der Waals surface area contributed by atoms with Gasteiger partial charge in [-0.25, -0.2) is 0 Å². The summed E-state index contributed by atoms with van der Waals surface area (Å²) in [5.74, 6) is 0. The number of rotatable bonds is 0. The topological polar surface area (TPSA) is 23.8 Å². The molecule has 0 heterocycles. The van der Waals surface area contributed by atoms with Crippen molar-refractivity contribution in [1.29, 1.82) is 5.26 Å². The molecule has 0 bridgehead atoms. The van der Waals surface area contributed by atoms with Crippen LogP contribution in [0.3, 0.4) is 0 Å². The van der Waals surface area contributed by atoms with Gasteiger partial charge < -0.3 is 0 Å². The number of benzene rings is 1. The van der Waals surface area contributed by atoms with Crippen molar-refractivity contribution in [2.24, 2.45) is 0 Å². The van der Waals surface area contributed by atoms with Crippen LogP contribution in [0.25, 0.3) is 0 Å². The van der Waals surface area contributed by atoms with Crippen LogP contribution in [0.4, 0.5) is 0 Å². The molecule has 1 nitrogen and oxygen atoms in total. The van der Waals surface area contributed by atoms with Crippen molar-refractivity contribution in [2.45, 2.75) is 34.6 Å². The highest BCUT2D eigenvalue weighted by Gasteiger charge is 1.98. The predicted molar refractivity (Wildman–Crippen MR) is 56.7 cm³/mol. The number of hydrogen-bond acceptors (Lipinski definition) is 1. The monoisotopic (exact) mass is 175 g/mol. The molecule has 0 radical (unpaired) electrons. The second-order valence-electron chi connectivity index (χ2n) is 2.85. The molecule has 13 heavy (non-hydrogen) atoms. The van der Waals surface area contributed by atoms with E-state index in [1.807, 2.05) is 39.8 Å². The van der Waals surface area contributed by atoms with Crippen molar-refractivity contribution in [3.8, 4) is 6.07 Å². The molecular weight excluding hydrogens is 158 g/mol. The molecule has 0 aliphatic heterocycles. The molecule has 0 amide bonds. The third-order valence-corrected chi connectivity index (χ3v) is 2.06. The van der Waals surface area contributed by atoms with Crippen molar-refractivity contribution >= 4 is 0 Å². The lowest BCUT2D eigenvalue weighted by molar-refractivity contribution is 1.25. The largest absolute Gasteiger partial charge is 0.192 e. The summed E-state index contributed by atoms with van der Waals surface area (Å²) in [4.78, 5) is 0. The smallest absolute Gasteiger partial charge is 0.0991 e. The lowest BCUT2D eigenvalue weighted by Crippen LogP contribution is -1.87. The molecule has 0 spiro atoms. The first-order valence-electron chi connectivity index (χ1n) is 4.63. The Morgan fingerprint density at radius 3 is 1.69 bits per heavy atom. The summed E-state index contributed by atoms with van der Waals surface area (Å²) >= 11 is 0. The summed E-state index contributed by atoms with van der Waals surface area (Å²) in [5.41, 5.74) is 4.43. The number of nitriles is 1. The van der Waals surface area contributed by atoms with Crippen molar-refractivity contribution < 1.29 is 0 Å². The summed E-state index contributed by atoms with van der Waals surface area (Å²) in [6, 6.07) is 5.97. The molecule has 0 saturated carbocycles. The van der Waals surface area contributed by atoms with Crippen molar-refractivity contribution in [3.63, 3.8) is 0 Å². The molecule has 0 atom stereocenters. The average Bonchev–Trinajstić information content (AvgIpc) is 2.16. The van der Waals surface area contributed by atoms with Gasteiger partial charge in [-0.2, -0.15) is 5.26 Å². The SMILES string of the molecule is CC.Cc1cc(C#N)cc(C)c1C. The maximum absolute atomic E-state index is 8.63. The van der Waals surface area contributed by atoms with Crippen LogP contribution in [-0.4, -0.2) is 0 Å². The Bertz CT molecular complexity index is 295. The highest BCUT2D eigenvalue weighted by molar-refractivity contribution is 5.41. The van der Waals surface area contributed by atoms with Crippen LogP contribution in [0.5, 0.6) is 0 Å². The van der Waals surface area contributed by atoms with Gasteiger partial charge in [0.05, 0.1) is 11.6 Å². The van der Waals surface area contributed by atoms with E-state index in [0.717, 1.165) is 5.56 Å². The van der Waals surface area contributed by atoms with Gasteiger partial charge >= 0.3 is 0 Å². The Hall–Kier alpha value is -1.29. The summed E-state index contributed by atoms with van der Waals surface area (Å²) in [6.07, 6.45) is 0. The highest BCUT2D eigenvalue weighted by atomic mass is 14.2. The first-order valence-corrected chi connectivity index (χ1v) is 4.63. The van der Waals surface area contributed by atoms with Crippen LogP contribution in [-0.2, 0) is 0 Å². The first-order chi connectivity index (χ1) is 6.15. The van der Waals surface area contributed by atoms with Crippen LogP contribution >= 0.6 is 0 Å². The lowest BCUT2D eigenvalue weighted by Gasteiger charge is -2.03. The van der Waals surface area contributed by atoms with Gasteiger partial charge in [0.1, 0.15) is 0 Å². The van der Waals surface area contributed by atoms with E-state index in [9.17, 15) is 0 Å². The molecule has 0 aliphatic carbocycles. The summed E-state index contributed by atoms with van der Waals surface area (Å²) < 4.78 is 0. The van der Waals surface area contributed by atoms with Gasteiger partial charge in [-0.05, 0) is 49.6 Å². The van der Waals surface area contributed by atoms with Crippen molar-refractivity contribution in [1.82, 2.24) is 0 Å². The van der Waals surface area contributed by atoms with E-state index in [2.05, 4.69) is 13.0 Å². The quantitative estimate of drug-likeness (QED) is 0.592. The van der Waals surface area contributed by atoms with Crippen LogP contribution in [0.2, 0.25) is 0 Å². The zero-order valence-corrected chi connectivity index (χ0v) is 9.10. The molecule has 0 fully saturated rings. The van der Waals surface area contributed by atoms with E-state index in [1.165, 1.54) is 16.7 Å². The van der Waals surface area contributed by atoms with Crippen LogP contribution in [0, 0.1) is 32.1 Å². The van der Waals surface area contributed by atoms with Gasteiger partial charge in [-0.1, -0.05) is 13.8 Å². The maximum atomic E-state index is 8.63. The summed E-state index contributed by atoms with van der Waals surface area (Å²) in [5, 5.41) is 8.63. The Morgan fingerprint density at radius 2 is 1.38 bits per heavy atom. The Labute approximate surface area is 81.0 Å². The molecular formula is C12H17N. The van der Waals surface area contributed by atoms with Crippen molar-refractivity contribution in [3.05, 3.63) is 34.4 Å². The van der Waals surface area contributed by atoms with Crippen LogP contribution in [0.1, 0.15) is 36.1 Å². The number of nitrogens with zero attached hydrogens (tertiary/aromatic N) is 1. The second kappa shape index (κ2) is 5.37. The van der Waals surface area contributed by atoms with Crippen molar-refractivity contribution in [2.75, 3.05) is 0 Å². The van der Waals surface area contributed by atoms with Gasteiger partial charge in [0.15, 0.2) is 0 Å². The molecule has 1 heteroatoms. The molecule has 0 aromatic heterocycles. The van der Waals surface area contributed by atoms with Gasteiger partial charge in [0.25, 0.3) is 0 Å².